The first-order valence-corrected chi connectivity index (χ1v) is 13.6. The number of carbonyl (C=O) groups is 4. The molecule has 2 aromatic carbocycles. The molecule has 3 aromatic rings. The highest BCUT2D eigenvalue weighted by molar-refractivity contribution is 5.95. The highest BCUT2D eigenvalue weighted by Gasteiger charge is 2.38. The molecule has 1 aromatic heterocycles. The molecule has 0 radical (unpaired) electrons. The van der Waals surface area contributed by atoms with Gasteiger partial charge in [-0.2, -0.15) is 0 Å². The molecule has 3 amide bonds. The van der Waals surface area contributed by atoms with Crippen LogP contribution in [0.25, 0.3) is 10.9 Å². The van der Waals surface area contributed by atoms with E-state index >= 15 is 0 Å². The fourth-order valence-electron chi connectivity index (χ4n) is 5.24. The molecule has 0 saturated carbocycles. The lowest BCUT2D eigenvalue weighted by Gasteiger charge is -2.29. The van der Waals surface area contributed by atoms with Crippen molar-refractivity contribution in [3.8, 4) is 0 Å². The first kappa shape index (κ1) is 28.8. The number of amides is 3. The largest absolute Gasteiger partial charge is 0.480 e. The number of likely N-dealkylation sites (tertiary alicyclic amines) is 1. The average molecular weight is 548 g/mol. The Morgan fingerprint density at radius 2 is 1.73 bits per heavy atom. The van der Waals surface area contributed by atoms with Gasteiger partial charge >= 0.3 is 5.97 Å². The van der Waals surface area contributed by atoms with Crippen molar-refractivity contribution in [1.29, 1.82) is 0 Å². The average Bonchev–Trinajstić information content (AvgIpc) is 3.59. The smallest absolute Gasteiger partial charge is 0.326 e. The highest BCUT2D eigenvalue weighted by atomic mass is 16.4. The minimum atomic E-state index is -1.19. The number of hydrogen-bond donors (Lipinski definition) is 5. The second kappa shape index (κ2) is 12.8. The number of carboxylic acids is 1. The molecule has 1 aliphatic rings. The first-order valence-electron chi connectivity index (χ1n) is 13.6. The number of nitrogens with two attached hydrogens (primary N) is 1. The number of fused-ring (bicyclic) bond motifs is 1. The molecule has 212 valence electrons. The number of aliphatic carboxylic acids is 1. The third kappa shape index (κ3) is 6.69. The van der Waals surface area contributed by atoms with E-state index in [1.54, 1.807) is 20.0 Å². The molecule has 2 heterocycles. The zero-order valence-electron chi connectivity index (χ0n) is 22.8. The number of benzene rings is 2. The predicted octanol–water partition coefficient (Wildman–Crippen LogP) is 1.98. The summed E-state index contributed by atoms with van der Waals surface area (Å²) in [6.07, 6.45) is 3.28. The van der Waals surface area contributed by atoms with Crippen molar-refractivity contribution in [2.24, 2.45) is 11.7 Å². The van der Waals surface area contributed by atoms with Gasteiger partial charge in [0.25, 0.3) is 0 Å². The zero-order chi connectivity index (χ0) is 28.8. The molecule has 4 rings (SSSR count). The summed E-state index contributed by atoms with van der Waals surface area (Å²) < 4.78 is 0. The number of para-hydroxylation sites is 1. The van der Waals surface area contributed by atoms with E-state index < -0.39 is 42.0 Å². The lowest BCUT2D eigenvalue weighted by Crippen LogP contribution is -2.58. The topological polar surface area (TPSA) is 158 Å². The Kier molecular flexibility index (Phi) is 9.21. The summed E-state index contributed by atoms with van der Waals surface area (Å²) in [5.74, 6) is -2.84. The Hall–Kier alpha value is -4.18. The van der Waals surface area contributed by atoms with E-state index in [0.29, 0.717) is 25.8 Å². The number of nitrogens with one attached hydrogen (secondary N) is 3. The number of aromatic nitrogens is 1. The van der Waals surface area contributed by atoms with Crippen molar-refractivity contribution in [3.63, 3.8) is 0 Å². The molecule has 40 heavy (non-hydrogen) atoms. The van der Waals surface area contributed by atoms with Gasteiger partial charge in [-0.25, -0.2) is 4.79 Å². The second-order valence-electron chi connectivity index (χ2n) is 10.7. The van der Waals surface area contributed by atoms with E-state index in [4.69, 9.17) is 5.73 Å². The van der Waals surface area contributed by atoms with Crippen LogP contribution in [0.1, 0.15) is 37.8 Å². The molecule has 1 saturated heterocycles. The third-order valence-corrected chi connectivity index (χ3v) is 7.41. The molecule has 0 bridgehead atoms. The van der Waals surface area contributed by atoms with Crippen LogP contribution in [0, 0.1) is 5.92 Å². The van der Waals surface area contributed by atoms with E-state index in [9.17, 15) is 24.3 Å². The molecule has 0 aliphatic carbocycles. The number of rotatable bonds is 11. The monoisotopic (exact) mass is 547 g/mol. The summed E-state index contributed by atoms with van der Waals surface area (Å²) in [5, 5.41) is 16.1. The van der Waals surface area contributed by atoms with Gasteiger partial charge in [0, 0.05) is 30.1 Å². The van der Waals surface area contributed by atoms with Crippen LogP contribution in [0.4, 0.5) is 0 Å². The van der Waals surface area contributed by atoms with Crippen LogP contribution in [-0.4, -0.2) is 69.4 Å². The summed E-state index contributed by atoms with van der Waals surface area (Å²) in [4.78, 5) is 56.4. The maximum Gasteiger partial charge on any atom is 0.326 e. The van der Waals surface area contributed by atoms with Gasteiger partial charge in [-0.15, -0.1) is 0 Å². The zero-order valence-corrected chi connectivity index (χ0v) is 22.8. The highest BCUT2D eigenvalue weighted by Crippen LogP contribution is 2.21. The van der Waals surface area contributed by atoms with E-state index in [1.165, 1.54) is 4.90 Å². The molecular formula is C30H37N5O5. The van der Waals surface area contributed by atoms with Crippen molar-refractivity contribution in [3.05, 3.63) is 71.9 Å². The van der Waals surface area contributed by atoms with Gasteiger partial charge in [0.2, 0.25) is 17.7 Å². The molecule has 10 heteroatoms. The van der Waals surface area contributed by atoms with Crippen LogP contribution in [0.15, 0.2) is 60.8 Å². The Balaban J connectivity index is 1.41. The van der Waals surface area contributed by atoms with E-state index in [-0.39, 0.29) is 18.2 Å². The molecule has 6 N–H and O–H groups in total. The molecule has 4 atom stereocenters. The minimum Gasteiger partial charge on any atom is -0.480 e. The Labute approximate surface area is 233 Å². The number of aromatic amines is 1. The third-order valence-electron chi connectivity index (χ3n) is 7.41. The van der Waals surface area contributed by atoms with Crippen LogP contribution in [0.2, 0.25) is 0 Å². The number of hydrogen-bond acceptors (Lipinski definition) is 5. The molecular weight excluding hydrogens is 510 g/mol. The summed E-state index contributed by atoms with van der Waals surface area (Å²) >= 11 is 0. The molecule has 4 unspecified atom stereocenters. The molecule has 10 nitrogen and oxygen atoms in total. The standard InChI is InChI=1S/C30H37N5O5/c1-18(2)26(28(37)33-24(30(39)40)16-20-17-32-23-12-7-6-11-21(20)23)34-27(36)25-13-8-14-35(25)29(38)22(31)15-19-9-4-3-5-10-19/h3-7,9-12,17-18,22,24-26,32H,8,13-16,31H2,1-2H3,(H,33,37)(H,34,36)(H,39,40). The molecule has 1 fully saturated rings. The van der Waals surface area contributed by atoms with Gasteiger partial charge in [0.05, 0.1) is 6.04 Å². The maximum atomic E-state index is 13.3. The lowest BCUT2D eigenvalue weighted by atomic mass is 10.0. The summed E-state index contributed by atoms with van der Waals surface area (Å²) in [6, 6.07) is 13.3. The minimum absolute atomic E-state index is 0.0774. The SMILES string of the molecule is CC(C)C(NC(=O)C1CCCN1C(=O)C(N)Cc1ccccc1)C(=O)NC(Cc1c[nH]c2ccccc12)C(=O)O. The first-order chi connectivity index (χ1) is 19.2. The van der Waals surface area contributed by atoms with Crippen molar-refractivity contribution in [1.82, 2.24) is 20.5 Å². The number of H-pyrrole nitrogens is 1. The lowest BCUT2D eigenvalue weighted by molar-refractivity contribution is -0.143. The summed E-state index contributed by atoms with van der Waals surface area (Å²) in [7, 11) is 0. The Morgan fingerprint density at radius 1 is 1.02 bits per heavy atom. The molecule has 1 aliphatic heterocycles. The van der Waals surface area contributed by atoms with Gasteiger partial charge in [-0.1, -0.05) is 62.4 Å². The number of carboxylic acid groups (broad SMARTS) is 1. The van der Waals surface area contributed by atoms with E-state index in [0.717, 1.165) is 22.0 Å². The van der Waals surface area contributed by atoms with Gasteiger partial charge < -0.3 is 31.4 Å². The van der Waals surface area contributed by atoms with Gasteiger partial charge in [-0.05, 0) is 42.4 Å². The van der Waals surface area contributed by atoms with Crippen molar-refractivity contribution in [2.75, 3.05) is 6.54 Å². The van der Waals surface area contributed by atoms with Crippen LogP contribution < -0.4 is 16.4 Å². The van der Waals surface area contributed by atoms with Crippen LogP contribution in [0.3, 0.4) is 0 Å². The van der Waals surface area contributed by atoms with Gasteiger partial charge in [0.1, 0.15) is 18.1 Å². The summed E-state index contributed by atoms with van der Waals surface area (Å²) in [5.41, 5.74) is 8.79. The fraction of sp³-hybridized carbons (Fsp3) is 0.400. The van der Waals surface area contributed by atoms with Crippen molar-refractivity contribution < 1.29 is 24.3 Å². The molecule has 0 spiro atoms. The van der Waals surface area contributed by atoms with Crippen LogP contribution in [-0.2, 0) is 32.0 Å². The predicted molar refractivity (Wildman–Crippen MR) is 151 cm³/mol. The number of nitrogens with zero attached hydrogens (tertiary/aromatic N) is 1. The van der Waals surface area contributed by atoms with E-state index in [1.807, 2.05) is 54.6 Å². The quantitative estimate of drug-likeness (QED) is 0.247. The van der Waals surface area contributed by atoms with E-state index in [2.05, 4.69) is 15.6 Å². The fourth-order valence-corrected chi connectivity index (χ4v) is 5.24. The van der Waals surface area contributed by atoms with Crippen LogP contribution >= 0.6 is 0 Å². The maximum absolute atomic E-state index is 13.3. The van der Waals surface area contributed by atoms with Gasteiger partial charge in [-0.3, -0.25) is 14.4 Å². The van der Waals surface area contributed by atoms with Gasteiger partial charge in [0.15, 0.2) is 0 Å². The van der Waals surface area contributed by atoms with Crippen molar-refractivity contribution >= 4 is 34.6 Å². The Morgan fingerprint density at radius 3 is 2.42 bits per heavy atom. The van der Waals surface area contributed by atoms with Crippen LogP contribution in [0.5, 0.6) is 0 Å². The second-order valence-corrected chi connectivity index (χ2v) is 10.7. The normalized spacial score (nSPS) is 17.4. The number of carbonyl (C=O) groups excluding carboxylic acids is 3. The Bertz CT molecular complexity index is 1350. The summed E-state index contributed by atoms with van der Waals surface area (Å²) in [6.45, 7) is 3.95. The van der Waals surface area contributed by atoms with Crippen molar-refractivity contribution in [2.45, 2.75) is 63.7 Å².